The van der Waals surface area contributed by atoms with E-state index < -0.39 is 11.9 Å². The number of fused-ring (bicyclic) bond motifs is 1. The second-order valence-electron chi connectivity index (χ2n) is 7.96. The van der Waals surface area contributed by atoms with Crippen molar-refractivity contribution in [1.29, 1.82) is 0 Å². The number of benzene rings is 2. The van der Waals surface area contributed by atoms with Crippen LogP contribution < -0.4 is 5.73 Å². The average molecular weight is 384 g/mol. The third kappa shape index (κ3) is 4.37. The van der Waals surface area contributed by atoms with Crippen molar-refractivity contribution in [2.75, 3.05) is 12.3 Å². The molecule has 0 aliphatic heterocycles. The molecule has 0 fully saturated rings. The molecule has 0 bridgehead atoms. The average Bonchev–Trinajstić information content (AvgIpc) is 3.01. The van der Waals surface area contributed by atoms with Crippen molar-refractivity contribution < 1.29 is 14.2 Å². The lowest BCUT2D eigenvalue weighted by Gasteiger charge is -2.26. The number of nitrogens with two attached hydrogens (primary N) is 1. The van der Waals surface area contributed by atoms with Crippen molar-refractivity contribution in [2.45, 2.75) is 51.9 Å². The van der Waals surface area contributed by atoms with Crippen LogP contribution in [0.1, 0.15) is 38.4 Å². The highest BCUT2D eigenvalue weighted by Gasteiger charge is 2.25. The Balaban J connectivity index is 1.81. The number of aromatic nitrogens is 1. The minimum atomic E-state index is -0.702. The van der Waals surface area contributed by atoms with E-state index in [1.54, 1.807) is 6.07 Å². The van der Waals surface area contributed by atoms with Crippen molar-refractivity contribution in [3.05, 3.63) is 65.6 Å². The molecule has 3 aromatic rings. The van der Waals surface area contributed by atoms with Crippen LogP contribution in [-0.2, 0) is 23.3 Å². The molecule has 2 aromatic carbocycles. The van der Waals surface area contributed by atoms with Gasteiger partial charge in [0.15, 0.2) is 0 Å². The molecule has 0 aliphatic rings. The Morgan fingerprint density at radius 1 is 1.18 bits per heavy atom. The molecule has 3 rings (SSSR count). The molecule has 5 heteroatoms. The Bertz CT molecular complexity index is 935. The van der Waals surface area contributed by atoms with Crippen LogP contribution in [0.4, 0.5) is 10.1 Å². The molecule has 1 aromatic heterocycles. The minimum Gasteiger partial charge on any atom is -0.396 e. The van der Waals surface area contributed by atoms with Gasteiger partial charge in [-0.05, 0) is 24.1 Å². The van der Waals surface area contributed by atoms with Gasteiger partial charge in [0.1, 0.15) is 5.82 Å². The second-order valence-corrected chi connectivity index (χ2v) is 7.96. The van der Waals surface area contributed by atoms with Gasteiger partial charge in [0.25, 0.3) is 0 Å². The quantitative estimate of drug-likeness (QED) is 0.557. The summed E-state index contributed by atoms with van der Waals surface area (Å²) in [5.41, 5.74) is 8.63. The predicted molar refractivity (Wildman–Crippen MR) is 112 cm³/mol. The molecule has 28 heavy (non-hydrogen) atoms. The Labute approximate surface area is 165 Å². The van der Waals surface area contributed by atoms with Gasteiger partial charge < -0.3 is 20.1 Å². The van der Waals surface area contributed by atoms with Gasteiger partial charge in [0.2, 0.25) is 0 Å². The summed E-state index contributed by atoms with van der Waals surface area (Å²) in [6, 6.07) is 15.0. The number of anilines is 1. The lowest BCUT2D eigenvalue weighted by atomic mass is 9.86. The Kier molecular flexibility index (Phi) is 6.06. The van der Waals surface area contributed by atoms with E-state index in [9.17, 15) is 9.50 Å². The first kappa shape index (κ1) is 20.4. The number of ether oxygens (including phenoxy) is 1. The molecule has 0 unspecified atom stereocenters. The minimum absolute atomic E-state index is 0.116. The summed E-state index contributed by atoms with van der Waals surface area (Å²) in [6.07, 6.45) is 0.216. The van der Waals surface area contributed by atoms with Gasteiger partial charge in [-0.1, -0.05) is 51.1 Å². The fraction of sp³-hybridized carbons (Fsp3) is 0.391. The number of halogens is 1. The predicted octanol–water partition coefficient (Wildman–Crippen LogP) is 4.63. The van der Waals surface area contributed by atoms with Crippen molar-refractivity contribution in [3.8, 4) is 0 Å². The molecule has 0 saturated heterocycles. The lowest BCUT2D eigenvalue weighted by molar-refractivity contribution is 0.0203. The molecule has 0 aliphatic carbocycles. The van der Waals surface area contributed by atoms with Crippen LogP contribution in [-0.4, -0.2) is 22.4 Å². The first-order chi connectivity index (χ1) is 13.3. The Hall–Kier alpha value is -2.37. The number of aliphatic hydroxyl groups is 1. The zero-order valence-electron chi connectivity index (χ0n) is 16.8. The zero-order valence-corrected chi connectivity index (χ0v) is 16.8. The van der Waals surface area contributed by atoms with Crippen molar-refractivity contribution in [1.82, 2.24) is 4.57 Å². The van der Waals surface area contributed by atoms with Gasteiger partial charge in [-0.25, -0.2) is 4.39 Å². The first-order valence-corrected chi connectivity index (χ1v) is 9.70. The van der Waals surface area contributed by atoms with Crippen LogP contribution in [0.3, 0.4) is 0 Å². The molecular weight excluding hydrogens is 355 g/mol. The van der Waals surface area contributed by atoms with E-state index in [0.717, 1.165) is 28.6 Å². The molecule has 150 valence electrons. The van der Waals surface area contributed by atoms with E-state index in [0.29, 0.717) is 13.2 Å². The molecule has 0 radical (unpaired) electrons. The van der Waals surface area contributed by atoms with Gasteiger partial charge in [-0.3, -0.25) is 0 Å². The number of rotatable bonds is 8. The Morgan fingerprint density at radius 2 is 1.89 bits per heavy atom. The summed E-state index contributed by atoms with van der Waals surface area (Å²) in [7, 11) is 0. The number of nitrogens with zero attached hydrogens (tertiary/aromatic N) is 1. The van der Waals surface area contributed by atoms with Crippen LogP contribution in [0.5, 0.6) is 0 Å². The van der Waals surface area contributed by atoms with Crippen LogP contribution in [0.25, 0.3) is 10.9 Å². The molecule has 1 atom stereocenters. The molecule has 0 saturated carbocycles. The maximum Gasteiger partial charge on any atom is 0.148 e. The molecular formula is C23H29FN2O2. The van der Waals surface area contributed by atoms with Gasteiger partial charge in [0.05, 0.1) is 37.1 Å². The number of hydrogen-bond acceptors (Lipinski definition) is 3. The molecule has 1 heterocycles. The maximum atomic E-state index is 14.1. The van der Waals surface area contributed by atoms with Gasteiger partial charge >= 0.3 is 0 Å². The van der Waals surface area contributed by atoms with Crippen LogP contribution in [0.15, 0.2) is 48.5 Å². The largest absolute Gasteiger partial charge is 0.396 e. The normalized spacial score (nSPS) is 13.2. The van der Waals surface area contributed by atoms with E-state index in [2.05, 4.69) is 20.8 Å². The van der Waals surface area contributed by atoms with Crippen molar-refractivity contribution in [2.24, 2.45) is 0 Å². The SMILES string of the molecule is CCC(C)(C)c1cc2cc(N)c(F)cc2n1C[C@@H](O)COCc1ccccc1. The van der Waals surface area contributed by atoms with Crippen molar-refractivity contribution in [3.63, 3.8) is 0 Å². The smallest absolute Gasteiger partial charge is 0.148 e. The standard InChI is InChI=1S/C23H29FN2O2/c1-4-23(2,3)22-11-17-10-20(25)19(24)12-21(17)26(22)13-18(27)15-28-14-16-8-6-5-7-9-16/h5-12,18,27H,4,13-15,25H2,1-3H3/t18-/m1/s1. The summed E-state index contributed by atoms with van der Waals surface area (Å²) in [5.74, 6) is -0.442. The zero-order chi connectivity index (χ0) is 20.3. The molecule has 0 amide bonds. The highest BCUT2D eigenvalue weighted by atomic mass is 19.1. The fourth-order valence-electron chi connectivity index (χ4n) is 3.39. The summed E-state index contributed by atoms with van der Waals surface area (Å²) in [6.45, 7) is 7.41. The third-order valence-electron chi connectivity index (χ3n) is 5.41. The van der Waals surface area contributed by atoms with Gasteiger partial charge in [0, 0.05) is 22.6 Å². The highest BCUT2D eigenvalue weighted by Crippen LogP contribution is 2.34. The number of hydrogen-bond donors (Lipinski definition) is 2. The Morgan fingerprint density at radius 3 is 2.57 bits per heavy atom. The molecule has 4 nitrogen and oxygen atoms in total. The maximum absolute atomic E-state index is 14.1. The summed E-state index contributed by atoms with van der Waals surface area (Å²) >= 11 is 0. The van der Waals surface area contributed by atoms with Crippen molar-refractivity contribution >= 4 is 16.6 Å². The van der Waals surface area contributed by atoms with Crippen LogP contribution >= 0.6 is 0 Å². The monoisotopic (exact) mass is 384 g/mol. The molecule has 0 spiro atoms. The van der Waals surface area contributed by atoms with E-state index >= 15 is 0 Å². The summed E-state index contributed by atoms with van der Waals surface area (Å²) < 4.78 is 21.8. The van der Waals surface area contributed by atoms with Crippen LogP contribution in [0.2, 0.25) is 0 Å². The summed E-state index contributed by atoms with van der Waals surface area (Å²) in [4.78, 5) is 0. The van der Waals surface area contributed by atoms with Gasteiger partial charge in [-0.2, -0.15) is 0 Å². The first-order valence-electron chi connectivity index (χ1n) is 9.70. The topological polar surface area (TPSA) is 60.4 Å². The number of aliphatic hydroxyl groups excluding tert-OH is 1. The second kappa shape index (κ2) is 8.33. The molecule has 3 N–H and O–H groups in total. The van der Waals surface area contributed by atoms with E-state index in [4.69, 9.17) is 10.5 Å². The van der Waals surface area contributed by atoms with Crippen LogP contribution in [0, 0.1) is 5.82 Å². The van der Waals surface area contributed by atoms with E-state index in [1.165, 1.54) is 6.07 Å². The van der Waals surface area contributed by atoms with E-state index in [1.807, 2.05) is 41.0 Å². The fourth-order valence-corrected chi connectivity index (χ4v) is 3.39. The lowest BCUT2D eigenvalue weighted by Crippen LogP contribution is -2.27. The third-order valence-corrected chi connectivity index (χ3v) is 5.41. The highest BCUT2D eigenvalue weighted by molar-refractivity contribution is 5.85. The number of nitrogen functional groups attached to an aromatic ring is 1. The summed E-state index contributed by atoms with van der Waals surface area (Å²) in [5, 5.41) is 11.5. The van der Waals surface area contributed by atoms with Gasteiger partial charge in [-0.15, -0.1) is 0 Å². The van der Waals surface area contributed by atoms with E-state index in [-0.39, 0.29) is 17.7 Å².